The SMILES string of the molecule is CCOc1ccc(N2C(=O)C(O)=C(C(=O)c3sc(C)nc3C)C2c2ccc(Cl)cc2)cc1. The topological polar surface area (TPSA) is 79.7 Å². The van der Waals surface area contributed by atoms with Crippen LogP contribution in [-0.4, -0.2) is 28.4 Å². The predicted octanol–water partition coefficient (Wildman–Crippen LogP) is 5.59. The molecule has 0 aliphatic carbocycles. The summed E-state index contributed by atoms with van der Waals surface area (Å²) in [5.74, 6) is -0.951. The third kappa shape index (κ3) is 3.89. The fraction of sp³-hybridized carbons (Fsp3) is 0.208. The largest absolute Gasteiger partial charge is 0.503 e. The summed E-state index contributed by atoms with van der Waals surface area (Å²) in [7, 11) is 0. The predicted molar refractivity (Wildman–Crippen MR) is 125 cm³/mol. The molecular weight excluding hydrogens is 448 g/mol. The van der Waals surface area contributed by atoms with Crippen LogP contribution < -0.4 is 9.64 Å². The fourth-order valence-electron chi connectivity index (χ4n) is 3.80. The van der Waals surface area contributed by atoms with Gasteiger partial charge >= 0.3 is 0 Å². The molecule has 1 atom stereocenters. The van der Waals surface area contributed by atoms with Crippen molar-refractivity contribution in [1.29, 1.82) is 0 Å². The number of anilines is 1. The zero-order valence-electron chi connectivity index (χ0n) is 17.8. The van der Waals surface area contributed by atoms with E-state index in [9.17, 15) is 14.7 Å². The molecule has 0 saturated heterocycles. The van der Waals surface area contributed by atoms with Gasteiger partial charge in [-0.25, -0.2) is 4.98 Å². The lowest BCUT2D eigenvalue weighted by Gasteiger charge is -2.27. The van der Waals surface area contributed by atoms with Gasteiger partial charge in [-0.05, 0) is 62.7 Å². The van der Waals surface area contributed by atoms with Gasteiger partial charge in [-0.15, -0.1) is 11.3 Å². The quantitative estimate of drug-likeness (QED) is 0.476. The highest BCUT2D eigenvalue weighted by Crippen LogP contribution is 2.43. The first kappa shape index (κ1) is 22.0. The number of hydrogen-bond acceptors (Lipinski definition) is 6. The molecule has 2 aromatic carbocycles. The van der Waals surface area contributed by atoms with E-state index >= 15 is 0 Å². The highest BCUT2D eigenvalue weighted by molar-refractivity contribution is 7.14. The van der Waals surface area contributed by atoms with E-state index in [0.29, 0.717) is 39.2 Å². The molecule has 0 bridgehead atoms. The molecule has 2 heterocycles. The summed E-state index contributed by atoms with van der Waals surface area (Å²) in [5, 5.41) is 12.1. The summed E-state index contributed by atoms with van der Waals surface area (Å²) in [4.78, 5) is 32.9. The lowest BCUT2D eigenvalue weighted by atomic mass is 9.95. The van der Waals surface area contributed by atoms with Gasteiger partial charge in [0.1, 0.15) is 5.75 Å². The molecule has 0 spiro atoms. The fourth-order valence-corrected chi connectivity index (χ4v) is 4.80. The Morgan fingerprint density at radius 2 is 1.81 bits per heavy atom. The Morgan fingerprint density at radius 3 is 2.38 bits per heavy atom. The molecule has 1 unspecified atom stereocenters. The number of aryl methyl sites for hydroxylation is 2. The molecule has 6 nitrogen and oxygen atoms in total. The van der Waals surface area contributed by atoms with Crippen LogP contribution in [0.15, 0.2) is 59.9 Å². The second-order valence-corrected chi connectivity index (χ2v) is 8.93. The molecule has 164 valence electrons. The number of Topliss-reactive ketones (excluding diaryl/α,β-unsaturated/α-hetero) is 1. The van der Waals surface area contributed by atoms with Gasteiger partial charge in [-0.3, -0.25) is 14.5 Å². The van der Waals surface area contributed by atoms with E-state index in [4.69, 9.17) is 16.3 Å². The van der Waals surface area contributed by atoms with Gasteiger partial charge in [0, 0.05) is 10.7 Å². The van der Waals surface area contributed by atoms with Crippen molar-refractivity contribution in [3.63, 3.8) is 0 Å². The van der Waals surface area contributed by atoms with Crippen LogP contribution in [0, 0.1) is 13.8 Å². The number of thiazole rings is 1. The summed E-state index contributed by atoms with van der Waals surface area (Å²) < 4.78 is 5.49. The Morgan fingerprint density at radius 1 is 1.16 bits per heavy atom. The van der Waals surface area contributed by atoms with Gasteiger partial charge in [0.25, 0.3) is 5.91 Å². The number of benzene rings is 2. The maximum Gasteiger partial charge on any atom is 0.294 e. The number of rotatable bonds is 6. The number of ether oxygens (including phenoxy) is 1. The molecule has 1 aliphatic heterocycles. The van der Waals surface area contributed by atoms with Gasteiger partial charge in [-0.2, -0.15) is 0 Å². The molecule has 0 saturated carbocycles. The highest BCUT2D eigenvalue weighted by atomic mass is 35.5. The van der Waals surface area contributed by atoms with Gasteiger partial charge in [0.2, 0.25) is 5.78 Å². The van der Waals surface area contributed by atoms with Crippen molar-refractivity contribution >= 4 is 40.3 Å². The van der Waals surface area contributed by atoms with Crippen molar-refractivity contribution in [2.45, 2.75) is 26.8 Å². The van der Waals surface area contributed by atoms with Crippen molar-refractivity contribution in [2.24, 2.45) is 0 Å². The molecule has 4 rings (SSSR count). The number of nitrogens with zero attached hydrogens (tertiary/aromatic N) is 2. The number of aromatic nitrogens is 1. The Kier molecular flexibility index (Phi) is 6.04. The number of hydrogen-bond donors (Lipinski definition) is 1. The average molecular weight is 469 g/mol. The van der Waals surface area contributed by atoms with Crippen LogP contribution in [0.3, 0.4) is 0 Å². The Labute approximate surface area is 194 Å². The van der Waals surface area contributed by atoms with Crippen LogP contribution in [0.25, 0.3) is 0 Å². The van der Waals surface area contributed by atoms with Crippen molar-refractivity contribution in [3.05, 3.63) is 86.0 Å². The first-order chi connectivity index (χ1) is 15.3. The van der Waals surface area contributed by atoms with Crippen molar-refractivity contribution in [1.82, 2.24) is 4.98 Å². The molecule has 0 radical (unpaired) electrons. The summed E-state index contributed by atoms with van der Waals surface area (Å²) in [6.07, 6.45) is 0. The molecule has 0 fully saturated rings. The van der Waals surface area contributed by atoms with Gasteiger partial charge in [-0.1, -0.05) is 23.7 Å². The molecule has 3 aromatic rings. The highest BCUT2D eigenvalue weighted by Gasteiger charge is 2.45. The summed E-state index contributed by atoms with van der Waals surface area (Å²) in [6.45, 7) is 5.96. The minimum absolute atomic E-state index is 0.0259. The van der Waals surface area contributed by atoms with Gasteiger partial charge in [0.05, 0.1) is 33.8 Å². The van der Waals surface area contributed by atoms with E-state index in [0.717, 1.165) is 5.01 Å². The number of amides is 1. The van der Waals surface area contributed by atoms with E-state index in [-0.39, 0.29) is 5.57 Å². The normalized spacial score (nSPS) is 16.1. The minimum Gasteiger partial charge on any atom is -0.503 e. The maximum atomic E-state index is 13.5. The number of ketones is 1. The van der Waals surface area contributed by atoms with Crippen molar-refractivity contribution in [2.75, 3.05) is 11.5 Å². The van der Waals surface area contributed by atoms with Crippen LogP contribution in [0.4, 0.5) is 5.69 Å². The molecule has 8 heteroatoms. The molecule has 1 N–H and O–H groups in total. The molecule has 1 amide bonds. The maximum absolute atomic E-state index is 13.5. The number of aliphatic hydroxyl groups excluding tert-OH is 1. The number of carbonyl (C=O) groups excluding carboxylic acids is 2. The third-order valence-electron chi connectivity index (χ3n) is 5.17. The summed E-state index contributed by atoms with van der Waals surface area (Å²) >= 11 is 7.31. The molecule has 32 heavy (non-hydrogen) atoms. The number of aliphatic hydroxyl groups is 1. The number of carbonyl (C=O) groups is 2. The summed E-state index contributed by atoms with van der Waals surface area (Å²) in [5.41, 5.74) is 1.78. The van der Waals surface area contributed by atoms with Crippen molar-refractivity contribution in [3.8, 4) is 5.75 Å². The lowest BCUT2D eigenvalue weighted by molar-refractivity contribution is -0.117. The minimum atomic E-state index is -0.813. The molecule has 1 aliphatic rings. The second kappa shape index (κ2) is 8.76. The Bertz CT molecular complexity index is 1220. The van der Waals surface area contributed by atoms with E-state index in [1.165, 1.54) is 16.2 Å². The first-order valence-electron chi connectivity index (χ1n) is 10.1. The van der Waals surface area contributed by atoms with Gasteiger partial charge in [0.15, 0.2) is 5.76 Å². The zero-order chi connectivity index (χ0) is 23.0. The standard InChI is InChI=1S/C24H21ClN2O4S/c1-4-31-18-11-9-17(10-12-18)27-20(15-5-7-16(25)8-6-15)19(22(29)24(27)30)21(28)23-13(2)26-14(3)32-23/h5-12,20,29H,4H2,1-3H3. The van der Waals surface area contributed by atoms with E-state index in [2.05, 4.69) is 4.98 Å². The smallest absolute Gasteiger partial charge is 0.294 e. The third-order valence-corrected chi connectivity index (χ3v) is 6.50. The van der Waals surface area contributed by atoms with Crippen LogP contribution in [0.1, 0.15) is 38.9 Å². The van der Waals surface area contributed by atoms with E-state index in [1.807, 2.05) is 13.8 Å². The average Bonchev–Trinajstić information content (AvgIpc) is 3.25. The van der Waals surface area contributed by atoms with Crippen LogP contribution in [0.5, 0.6) is 5.75 Å². The Balaban J connectivity index is 1.84. The van der Waals surface area contributed by atoms with E-state index < -0.39 is 23.5 Å². The van der Waals surface area contributed by atoms with Crippen LogP contribution >= 0.6 is 22.9 Å². The lowest BCUT2D eigenvalue weighted by Crippen LogP contribution is -2.31. The van der Waals surface area contributed by atoms with Crippen LogP contribution in [0.2, 0.25) is 5.02 Å². The molecular formula is C24H21ClN2O4S. The Hall–Kier alpha value is -3.16. The first-order valence-corrected chi connectivity index (χ1v) is 11.2. The van der Waals surface area contributed by atoms with Crippen LogP contribution in [-0.2, 0) is 4.79 Å². The molecule has 1 aromatic heterocycles. The monoisotopic (exact) mass is 468 g/mol. The van der Waals surface area contributed by atoms with E-state index in [1.54, 1.807) is 55.5 Å². The summed E-state index contributed by atoms with van der Waals surface area (Å²) in [6, 6.07) is 13.0. The zero-order valence-corrected chi connectivity index (χ0v) is 19.3. The number of halogens is 1. The van der Waals surface area contributed by atoms with Crippen molar-refractivity contribution < 1.29 is 19.4 Å². The second-order valence-electron chi connectivity index (χ2n) is 7.29. The van der Waals surface area contributed by atoms with Gasteiger partial charge < -0.3 is 9.84 Å².